The average molecular weight is 545 g/mol. The molecule has 1 aliphatic heterocycles. The molecule has 0 aliphatic carbocycles. The molecule has 0 amide bonds. The van der Waals surface area contributed by atoms with E-state index in [-0.39, 0.29) is 18.8 Å². The number of alkyl halides is 2. The highest BCUT2D eigenvalue weighted by Crippen LogP contribution is 2.33. The van der Waals surface area contributed by atoms with Crippen molar-refractivity contribution in [3.63, 3.8) is 0 Å². The summed E-state index contributed by atoms with van der Waals surface area (Å²) in [7, 11) is 0. The lowest BCUT2D eigenvalue weighted by Crippen LogP contribution is -2.44. The van der Waals surface area contributed by atoms with Gasteiger partial charge in [-0.15, -0.1) is 0 Å². The van der Waals surface area contributed by atoms with E-state index in [4.69, 9.17) is 16.3 Å². The quantitative estimate of drug-likeness (QED) is 0.384. The van der Waals surface area contributed by atoms with Gasteiger partial charge in [0.25, 0.3) is 12.0 Å². The molecule has 1 aliphatic rings. The van der Waals surface area contributed by atoms with Crippen molar-refractivity contribution < 1.29 is 13.5 Å². The fraction of sp³-hybridized carbons (Fsp3) is 0.385. The van der Waals surface area contributed by atoms with E-state index in [0.29, 0.717) is 28.2 Å². The number of morpholine rings is 1. The van der Waals surface area contributed by atoms with Crippen LogP contribution >= 0.6 is 11.6 Å². The number of hydrogen-bond donors (Lipinski definition) is 1. The van der Waals surface area contributed by atoms with Gasteiger partial charge < -0.3 is 10.1 Å². The van der Waals surface area contributed by atoms with Gasteiger partial charge in [0.2, 0.25) is 0 Å². The summed E-state index contributed by atoms with van der Waals surface area (Å²) in [4.78, 5) is 29.7. The molecule has 3 aromatic heterocycles. The molecule has 1 unspecified atom stereocenters. The van der Waals surface area contributed by atoms with Crippen molar-refractivity contribution >= 4 is 17.1 Å². The first-order valence-electron chi connectivity index (χ1n) is 12.3. The lowest BCUT2D eigenvalue weighted by Gasteiger charge is -2.30. The van der Waals surface area contributed by atoms with Gasteiger partial charge in [0.1, 0.15) is 6.33 Å². The van der Waals surface area contributed by atoms with Crippen LogP contribution in [0, 0.1) is 6.92 Å². The predicted octanol–water partition coefficient (Wildman–Crippen LogP) is 2.91. The summed E-state index contributed by atoms with van der Waals surface area (Å²) in [5.41, 5.74) is 3.39. The third-order valence-electron chi connectivity index (χ3n) is 6.63. The Morgan fingerprint density at radius 2 is 2.05 bits per heavy atom. The number of fused-ring (bicyclic) bond motifs is 1. The van der Waals surface area contributed by atoms with Crippen molar-refractivity contribution in [2.75, 3.05) is 13.1 Å². The number of benzene rings is 1. The number of aryl methyl sites for hydroxylation is 1. The Labute approximate surface area is 221 Å². The maximum atomic E-state index is 12.9. The summed E-state index contributed by atoms with van der Waals surface area (Å²) in [5.74, 6) is 0. The Morgan fingerprint density at radius 1 is 1.24 bits per heavy atom. The molecule has 0 bridgehead atoms. The first-order valence-corrected chi connectivity index (χ1v) is 12.6. The van der Waals surface area contributed by atoms with E-state index in [1.807, 2.05) is 26.0 Å². The van der Waals surface area contributed by atoms with Gasteiger partial charge in [-0.2, -0.15) is 5.10 Å². The van der Waals surface area contributed by atoms with Crippen molar-refractivity contribution in [1.29, 1.82) is 0 Å². The maximum Gasteiger partial charge on any atom is 0.331 e. The van der Waals surface area contributed by atoms with Crippen LogP contribution < -0.4 is 16.6 Å². The summed E-state index contributed by atoms with van der Waals surface area (Å²) in [5, 5.41) is 8.26. The second-order valence-electron chi connectivity index (χ2n) is 9.53. The molecular weight excluding hydrogens is 518 g/mol. The van der Waals surface area contributed by atoms with Crippen LogP contribution in [-0.4, -0.2) is 55.5 Å². The van der Waals surface area contributed by atoms with Crippen LogP contribution in [0.5, 0.6) is 0 Å². The largest absolute Gasteiger partial charge is 0.372 e. The smallest absolute Gasteiger partial charge is 0.331 e. The average Bonchev–Trinajstić information content (AvgIpc) is 3.28. The molecular formula is C26H27ClF2N6O3. The topological polar surface area (TPSA) is 95.5 Å². The molecule has 9 nitrogen and oxygen atoms in total. The van der Waals surface area contributed by atoms with Gasteiger partial charge in [0.15, 0.2) is 0 Å². The molecule has 1 fully saturated rings. The second kappa shape index (κ2) is 10.8. The normalized spacial score (nSPS) is 17.9. The molecule has 2 atom stereocenters. The van der Waals surface area contributed by atoms with Crippen LogP contribution in [0.1, 0.15) is 23.6 Å². The summed E-state index contributed by atoms with van der Waals surface area (Å²) >= 11 is 6.46. The van der Waals surface area contributed by atoms with E-state index in [0.717, 1.165) is 51.2 Å². The van der Waals surface area contributed by atoms with E-state index < -0.39 is 24.2 Å². The van der Waals surface area contributed by atoms with E-state index >= 15 is 0 Å². The predicted molar refractivity (Wildman–Crippen MR) is 139 cm³/mol. The van der Waals surface area contributed by atoms with Gasteiger partial charge in [-0.25, -0.2) is 23.1 Å². The van der Waals surface area contributed by atoms with Crippen LogP contribution in [0.25, 0.3) is 16.8 Å². The first kappa shape index (κ1) is 26.2. The second-order valence-corrected chi connectivity index (χ2v) is 9.97. The van der Waals surface area contributed by atoms with Crippen LogP contribution in [0.2, 0.25) is 5.02 Å². The van der Waals surface area contributed by atoms with Crippen LogP contribution in [-0.2, 0) is 24.2 Å². The number of ether oxygens (including phenoxy) is 1. The Bertz CT molecular complexity index is 1600. The standard InChI is InChI=1S/C26H27ClF2N6O3/c1-15-5-18(27)7-21(20(15)8-19-10-30-9-16(2)38-19)25-22-6-17(12-35(22)32-14-31-25)11-34-24(36)3-4-33(26(34)37)13-23(28)29/h3-7,12,14,16,19,23,30H,8-11,13H2,1-2H3/t16-,19?/m0/s1. The highest BCUT2D eigenvalue weighted by Gasteiger charge is 2.23. The van der Waals surface area contributed by atoms with Gasteiger partial charge in [0.05, 0.1) is 36.5 Å². The Morgan fingerprint density at radius 3 is 2.82 bits per heavy atom. The third-order valence-corrected chi connectivity index (χ3v) is 6.85. The van der Waals surface area contributed by atoms with Crippen LogP contribution in [0.4, 0.5) is 8.78 Å². The molecule has 1 N–H and O–H groups in total. The molecule has 1 aromatic carbocycles. The summed E-state index contributed by atoms with van der Waals surface area (Å²) in [6.07, 6.45) is 2.22. The van der Waals surface area contributed by atoms with Gasteiger partial charge in [0, 0.05) is 48.6 Å². The fourth-order valence-corrected chi connectivity index (χ4v) is 5.20. The minimum Gasteiger partial charge on any atom is -0.372 e. The molecule has 4 heterocycles. The molecule has 38 heavy (non-hydrogen) atoms. The lowest BCUT2D eigenvalue weighted by molar-refractivity contribution is -0.0262. The highest BCUT2D eigenvalue weighted by atomic mass is 35.5. The van der Waals surface area contributed by atoms with E-state index in [2.05, 4.69) is 15.4 Å². The number of nitrogens with zero attached hydrogens (tertiary/aromatic N) is 5. The summed E-state index contributed by atoms with van der Waals surface area (Å²) in [6, 6.07) is 6.67. The molecule has 200 valence electrons. The fourth-order valence-electron chi connectivity index (χ4n) is 4.93. The van der Waals surface area contributed by atoms with Gasteiger partial charge >= 0.3 is 5.69 Å². The Balaban J connectivity index is 1.55. The lowest BCUT2D eigenvalue weighted by atomic mass is 9.93. The molecule has 4 aromatic rings. The minimum atomic E-state index is -2.72. The monoisotopic (exact) mass is 544 g/mol. The van der Waals surface area contributed by atoms with Crippen LogP contribution in [0.3, 0.4) is 0 Å². The van der Waals surface area contributed by atoms with E-state index in [1.165, 1.54) is 6.33 Å². The summed E-state index contributed by atoms with van der Waals surface area (Å²) < 4.78 is 35.3. The maximum absolute atomic E-state index is 12.9. The first-order chi connectivity index (χ1) is 18.2. The number of hydrogen-bond acceptors (Lipinski definition) is 6. The third kappa shape index (κ3) is 5.40. The number of aromatic nitrogens is 5. The van der Waals surface area contributed by atoms with Crippen molar-refractivity contribution in [1.82, 2.24) is 29.0 Å². The van der Waals surface area contributed by atoms with E-state index in [9.17, 15) is 18.4 Å². The van der Waals surface area contributed by atoms with Gasteiger partial charge in [-0.1, -0.05) is 11.6 Å². The Hall–Kier alpha value is -3.41. The Kier molecular flexibility index (Phi) is 7.42. The van der Waals surface area contributed by atoms with E-state index in [1.54, 1.807) is 16.8 Å². The molecule has 0 saturated carbocycles. The zero-order chi connectivity index (χ0) is 27.0. The number of halogens is 3. The van der Waals surface area contributed by atoms with Crippen molar-refractivity contribution in [3.05, 3.63) is 85.5 Å². The van der Waals surface area contributed by atoms with Crippen LogP contribution in [0.15, 0.2) is 52.6 Å². The number of nitrogens with one attached hydrogen (secondary N) is 1. The highest BCUT2D eigenvalue weighted by molar-refractivity contribution is 6.31. The van der Waals surface area contributed by atoms with Crippen molar-refractivity contribution in [2.24, 2.45) is 0 Å². The minimum absolute atomic E-state index is 0.0158. The van der Waals surface area contributed by atoms with Gasteiger partial charge in [-0.3, -0.25) is 13.9 Å². The molecule has 12 heteroatoms. The summed E-state index contributed by atoms with van der Waals surface area (Å²) in [6.45, 7) is 4.67. The zero-order valence-electron chi connectivity index (χ0n) is 20.9. The SMILES string of the molecule is Cc1cc(Cl)cc(-c2ncnn3cc(Cn4c(=O)ccn(CC(F)F)c4=O)cc23)c1CC1CNC[C@H](C)O1. The molecule has 1 saturated heterocycles. The number of rotatable bonds is 7. The zero-order valence-corrected chi connectivity index (χ0v) is 21.7. The van der Waals surface area contributed by atoms with Crippen molar-refractivity contribution in [2.45, 2.75) is 52.0 Å². The molecule has 0 spiro atoms. The van der Waals surface area contributed by atoms with Crippen molar-refractivity contribution in [3.8, 4) is 11.3 Å². The van der Waals surface area contributed by atoms with Gasteiger partial charge in [-0.05, 0) is 48.7 Å². The molecule has 0 radical (unpaired) electrons. The molecule has 5 rings (SSSR count).